The Balaban J connectivity index is 1.01. The molecular formula is C80H71BN2S. The largest absolute Gasteiger partial charge is 0.311 e. The summed E-state index contributed by atoms with van der Waals surface area (Å²) in [6.07, 6.45) is 0. The minimum Gasteiger partial charge on any atom is -0.311 e. The van der Waals surface area contributed by atoms with E-state index in [1.165, 1.54) is 149 Å². The summed E-state index contributed by atoms with van der Waals surface area (Å²) in [6.45, 7) is 28.1. The Kier molecular flexibility index (Phi) is 10.6. The number of thiophene rings is 1. The highest BCUT2D eigenvalue weighted by Gasteiger charge is 2.59. The molecule has 0 amide bonds. The van der Waals surface area contributed by atoms with Crippen LogP contribution in [0.4, 0.5) is 34.1 Å². The van der Waals surface area contributed by atoms with Crippen molar-refractivity contribution in [1.82, 2.24) is 0 Å². The standard InChI is InChI=1S/C80H71BN2S/c1-75(2,3)48-33-38-52(39-34-48)82-68-43-50(77(7,8)9)37-42-67(68)81-72-69(82)44-51(78(10,11)12)45-70(72)83(53-40-35-49(36-41-53)76(4,5)6)73-58-46-57-56-25-15-18-28-61(56)80(66(57)47-71(58)84-74(73)81)64-31-21-19-29-62(64)79(63-30-20-22-32-65(63)80)59-26-16-13-23-54(59)55-24-14-17-27-60(55)79/h13-47H,1-12H3. The molecule has 0 saturated carbocycles. The third-order valence-corrected chi connectivity index (χ3v) is 21.2. The van der Waals surface area contributed by atoms with Crippen LogP contribution in [0.15, 0.2) is 212 Å². The van der Waals surface area contributed by atoms with E-state index in [0.717, 1.165) is 0 Å². The summed E-state index contributed by atoms with van der Waals surface area (Å²) in [7, 11) is 0. The van der Waals surface area contributed by atoms with Gasteiger partial charge in [0.05, 0.1) is 16.5 Å². The molecule has 0 bridgehead atoms. The molecule has 3 heterocycles. The van der Waals surface area contributed by atoms with Gasteiger partial charge in [-0.05, 0) is 176 Å². The van der Waals surface area contributed by atoms with E-state index in [-0.39, 0.29) is 28.4 Å². The third-order valence-electron chi connectivity index (χ3n) is 20.0. The number of anilines is 6. The molecule has 0 radical (unpaired) electrons. The van der Waals surface area contributed by atoms with Crippen molar-refractivity contribution < 1.29 is 0 Å². The summed E-state index contributed by atoms with van der Waals surface area (Å²) in [6, 6.07) is 83.8. The van der Waals surface area contributed by atoms with Gasteiger partial charge in [0.1, 0.15) is 0 Å². The van der Waals surface area contributed by atoms with Crippen LogP contribution >= 0.6 is 11.3 Å². The fourth-order valence-corrected chi connectivity index (χ4v) is 17.2. The van der Waals surface area contributed by atoms with Crippen molar-refractivity contribution in [3.05, 3.63) is 279 Å². The van der Waals surface area contributed by atoms with Crippen LogP contribution in [0.1, 0.15) is 150 Å². The lowest BCUT2D eigenvalue weighted by Gasteiger charge is -2.48. The summed E-state index contributed by atoms with van der Waals surface area (Å²) in [5.74, 6) is 0. The van der Waals surface area contributed by atoms with E-state index in [2.05, 4.69) is 305 Å². The second-order valence-electron chi connectivity index (χ2n) is 28.8. The first-order valence-electron chi connectivity index (χ1n) is 30.4. The van der Waals surface area contributed by atoms with Gasteiger partial charge in [0.15, 0.2) is 0 Å². The fourth-order valence-electron chi connectivity index (χ4n) is 15.9. The van der Waals surface area contributed by atoms with E-state index in [1.54, 1.807) is 0 Å². The van der Waals surface area contributed by atoms with Crippen molar-refractivity contribution in [2.24, 2.45) is 0 Å². The highest BCUT2D eigenvalue weighted by atomic mass is 32.1. The smallest absolute Gasteiger partial charge is 0.264 e. The van der Waals surface area contributed by atoms with Crippen molar-refractivity contribution >= 4 is 78.0 Å². The van der Waals surface area contributed by atoms with Gasteiger partial charge in [-0.25, -0.2) is 0 Å². The van der Waals surface area contributed by atoms with Crippen LogP contribution in [0.25, 0.3) is 32.3 Å². The molecule has 11 aromatic rings. The van der Waals surface area contributed by atoms with Crippen molar-refractivity contribution in [3.8, 4) is 22.3 Å². The molecule has 0 atom stereocenters. The van der Waals surface area contributed by atoms with Crippen molar-refractivity contribution in [2.45, 2.75) is 116 Å². The highest BCUT2D eigenvalue weighted by molar-refractivity contribution is 7.33. The number of hydrogen-bond acceptors (Lipinski definition) is 3. The van der Waals surface area contributed by atoms with E-state index in [9.17, 15) is 0 Å². The normalized spacial score (nSPS) is 15.5. The maximum atomic E-state index is 2.69. The Hall–Kier alpha value is -8.18. The van der Waals surface area contributed by atoms with Gasteiger partial charge >= 0.3 is 0 Å². The Labute approximate surface area is 501 Å². The van der Waals surface area contributed by atoms with Crippen molar-refractivity contribution in [2.75, 3.05) is 9.80 Å². The average molecular weight is 1100 g/mol. The maximum Gasteiger partial charge on any atom is 0.264 e. The Morgan fingerprint density at radius 2 is 0.714 bits per heavy atom. The second kappa shape index (κ2) is 17.2. The molecular weight excluding hydrogens is 1030 g/mol. The summed E-state index contributed by atoms with van der Waals surface area (Å²) in [4.78, 5) is 5.31. The van der Waals surface area contributed by atoms with E-state index in [1.807, 2.05) is 11.3 Å². The van der Waals surface area contributed by atoms with Gasteiger partial charge in [0.2, 0.25) is 0 Å². The number of fused-ring (bicyclic) bond motifs is 22. The molecule has 4 heteroatoms. The lowest BCUT2D eigenvalue weighted by Crippen LogP contribution is -2.60. The van der Waals surface area contributed by atoms with Crippen LogP contribution < -0.4 is 25.5 Å². The first kappa shape index (κ1) is 51.5. The van der Waals surface area contributed by atoms with Gasteiger partial charge in [-0.2, -0.15) is 0 Å². The minimum absolute atomic E-state index is 0.000172. The van der Waals surface area contributed by atoms with Gasteiger partial charge in [-0.3, -0.25) is 0 Å². The predicted octanol–water partition coefficient (Wildman–Crippen LogP) is 19.2. The van der Waals surface area contributed by atoms with Crippen LogP contribution in [-0.4, -0.2) is 6.71 Å². The lowest BCUT2D eigenvalue weighted by atomic mass is 9.36. The summed E-state index contributed by atoms with van der Waals surface area (Å²) < 4.78 is 2.70. The predicted molar refractivity (Wildman–Crippen MR) is 359 cm³/mol. The van der Waals surface area contributed by atoms with Crippen molar-refractivity contribution in [3.63, 3.8) is 0 Å². The Bertz CT molecular complexity index is 4510. The zero-order valence-electron chi connectivity index (χ0n) is 50.6. The van der Waals surface area contributed by atoms with Gasteiger partial charge in [0, 0.05) is 43.3 Å². The van der Waals surface area contributed by atoms with E-state index in [4.69, 9.17) is 0 Å². The average Bonchev–Trinajstić information content (AvgIpc) is 1.41. The van der Waals surface area contributed by atoms with Gasteiger partial charge in [-0.1, -0.05) is 241 Å². The van der Waals surface area contributed by atoms with Gasteiger partial charge in [-0.15, -0.1) is 11.3 Å². The maximum absolute atomic E-state index is 2.69. The number of rotatable bonds is 2. The van der Waals surface area contributed by atoms with Crippen LogP contribution in [0.3, 0.4) is 0 Å². The molecule has 0 unspecified atom stereocenters. The van der Waals surface area contributed by atoms with Crippen molar-refractivity contribution in [1.29, 1.82) is 0 Å². The molecule has 2 spiro atoms. The molecule has 0 saturated heterocycles. The Morgan fingerprint density at radius 3 is 1.18 bits per heavy atom. The number of hydrogen-bond donors (Lipinski definition) is 0. The fraction of sp³-hybridized carbons (Fsp3) is 0.225. The number of benzene rings is 10. The molecule has 10 aromatic carbocycles. The first-order valence-corrected chi connectivity index (χ1v) is 31.3. The van der Waals surface area contributed by atoms with Crippen LogP contribution in [0.2, 0.25) is 0 Å². The van der Waals surface area contributed by atoms with Crippen LogP contribution in [-0.2, 0) is 32.5 Å². The summed E-state index contributed by atoms with van der Waals surface area (Å²) in [5, 5.41) is 1.30. The monoisotopic (exact) mass is 1100 g/mol. The quantitative estimate of drug-likeness (QED) is 0.159. The molecule has 0 fully saturated rings. The Morgan fingerprint density at radius 1 is 0.333 bits per heavy atom. The highest BCUT2D eigenvalue weighted by Crippen LogP contribution is 2.68. The minimum atomic E-state index is -0.598. The molecule has 2 aliphatic heterocycles. The van der Waals surface area contributed by atoms with E-state index < -0.39 is 10.8 Å². The van der Waals surface area contributed by atoms with Crippen LogP contribution in [0, 0.1) is 0 Å². The van der Waals surface area contributed by atoms with Gasteiger partial charge in [0.25, 0.3) is 6.71 Å². The van der Waals surface area contributed by atoms with E-state index in [0.29, 0.717) is 0 Å². The second-order valence-corrected chi connectivity index (χ2v) is 29.9. The topological polar surface area (TPSA) is 6.48 Å². The molecule has 84 heavy (non-hydrogen) atoms. The summed E-state index contributed by atoms with van der Waals surface area (Å²) >= 11 is 2.02. The third kappa shape index (κ3) is 6.81. The SMILES string of the molecule is CC(C)(C)c1ccc(N2c3cc(C(C)(C)C)ccc3B3c4sc5cc6c(cc5c4N(c4ccc(C(C)(C)C)cc4)c4cc(C(C)(C)C)cc2c43)-c2ccccc2C62c3ccccc3C3(c4ccccc4-c4ccccc43)c3ccccc32)cc1. The zero-order valence-corrected chi connectivity index (χ0v) is 51.4. The molecule has 16 rings (SSSR count). The molecule has 5 aliphatic rings. The molecule has 0 N–H and O–H groups in total. The zero-order chi connectivity index (χ0) is 57.8. The van der Waals surface area contributed by atoms with E-state index >= 15 is 0 Å². The lowest BCUT2D eigenvalue weighted by molar-refractivity contribution is 0.589. The van der Waals surface area contributed by atoms with Gasteiger partial charge < -0.3 is 9.80 Å². The molecule has 1 aromatic heterocycles. The molecule has 2 nitrogen and oxygen atoms in total. The molecule has 410 valence electrons. The molecule has 3 aliphatic carbocycles. The first-order chi connectivity index (χ1) is 40.2. The summed E-state index contributed by atoms with van der Waals surface area (Å²) in [5.41, 5.74) is 30.4. The number of nitrogens with zero attached hydrogens (tertiary/aromatic N) is 2. The van der Waals surface area contributed by atoms with Crippen LogP contribution in [0.5, 0.6) is 0 Å².